The van der Waals surface area contributed by atoms with E-state index in [0.717, 1.165) is 23.5 Å². The van der Waals surface area contributed by atoms with Crippen molar-refractivity contribution in [2.75, 3.05) is 33.0 Å². The molecule has 0 saturated heterocycles. The predicted molar refractivity (Wildman–Crippen MR) is 66.9 cm³/mol. The smallest absolute Gasteiger partial charge is 0.119 e. The zero-order valence-electron chi connectivity index (χ0n) is 9.49. The highest BCUT2D eigenvalue weighted by Gasteiger charge is 1.97. The molecule has 3 nitrogen and oxygen atoms in total. The van der Waals surface area contributed by atoms with E-state index in [1.165, 1.54) is 0 Å². The maximum atomic E-state index is 5.70. The molecule has 0 saturated carbocycles. The summed E-state index contributed by atoms with van der Waals surface area (Å²) in [6.45, 7) is 3.61. The number of nitrogen functional groups attached to an aromatic ring is 1. The van der Waals surface area contributed by atoms with Gasteiger partial charge in [-0.15, -0.1) is 12.4 Å². The maximum Gasteiger partial charge on any atom is 0.119 e. The van der Waals surface area contributed by atoms with E-state index in [4.69, 9.17) is 10.5 Å². The van der Waals surface area contributed by atoms with E-state index in [1.807, 2.05) is 39.2 Å². The van der Waals surface area contributed by atoms with Gasteiger partial charge in [0.25, 0.3) is 0 Å². The summed E-state index contributed by atoms with van der Waals surface area (Å²) in [6.07, 6.45) is 0. The third-order valence-corrected chi connectivity index (χ3v) is 2.05. The number of anilines is 1. The van der Waals surface area contributed by atoms with Gasteiger partial charge in [-0.2, -0.15) is 0 Å². The highest BCUT2D eigenvalue weighted by molar-refractivity contribution is 5.85. The van der Waals surface area contributed by atoms with Gasteiger partial charge in [0.05, 0.1) is 0 Å². The molecule has 1 rings (SSSR count). The Morgan fingerprint density at radius 2 is 2.00 bits per heavy atom. The van der Waals surface area contributed by atoms with Crippen molar-refractivity contribution in [3.05, 3.63) is 23.8 Å². The minimum absolute atomic E-state index is 0. The van der Waals surface area contributed by atoms with Crippen LogP contribution in [-0.2, 0) is 0 Å². The highest BCUT2D eigenvalue weighted by Crippen LogP contribution is 2.18. The standard InChI is InChI=1S/C11H18N2O.ClH/c1-9-8-10(4-5-11(9)12)14-7-6-13(2)3;/h4-5,8H,6-7,12H2,1-3H3;1H. The van der Waals surface area contributed by atoms with Crippen LogP contribution in [0.25, 0.3) is 0 Å². The van der Waals surface area contributed by atoms with Crippen LogP contribution < -0.4 is 10.5 Å². The largest absolute Gasteiger partial charge is 0.492 e. The van der Waals surface area contributed by atoms with Gasteiger partial charge < -0.3 is 15.4 Å². The minimum atomic E-state index is 0. The van der Waals surface area contributed by atoms with Gasteiger partial charge in [0.15, 0.2) is 0 Å². The first-order valence-corrected chi connectivity index (χ1v) is 4.73. The van der Waals surface area contributed by atoms with Crippen molar-refractivity contribution in [1.82, 2.24) is 4.90 Å². The second-order valence-electron chi connectivity index (χ2n) is 3.67. The molecular formula is C11H19ClN2O. The van der Waals surface area contributed by atoms with Gasteiger partial charge in [-0.1, -0.05) is 0 Å². The fraction of sp³-hybridized carbons (Fsp3) is 0.455. The molecule has 1 aromatic carbocycles. The van der Waals surface area contributed by atoms with Crippen molar-refractivity contribution >= 4 is 18.1 Å². The lowest BCUT2D eigenvalue weighted by molar-refractivity contribution is 0.261. The number of ether oxygens (including phenoxy) is 1. The van der Waals surface area contributed by atoms with Gasteiger partial charge in [0, 0.05) is 12.2 Å². The number of hydrogen-bond donors (Lipinski definition) is 1. The molecule has 0 aliphatic carbocycles. The number of aryl methyl sites for hydroxylation is 1. The number of benzene rings is 1. The molecule has 0 bridgehead atoms. The number of likely N-dealkylation sites (N-methyl/N-ethyl adjacent to an activating group) is 1. The van der Waals surface area contributed by atoms with Gasteiger partial charge >= 0.3 is 0 Å². The monoisotopic (exact) mass is 230 g/mol. The highest BCUT2D eigenvalue weighted by atomic mass is 35.5. The lowest BCUT2D eigenvalue weighted by Gasteiger charge is -2.11. The van der Waals surface area contributed by atoms with Gasteiger partial charge in [0.2, 0.25) is 0 Å². The molecule has 15 heavy (non-hydrogen) atoms. The molecule has 0 aromatic heterocycles. The Balaban J connectivity index is 0.00000196. The summed E-state index contributed by atoms with van der Waals surface area (Å²) in [5, 5.41) is 0. The van der Waals surface area contributed by atoms with Crippen LogP contribution in [-0.4, -0.2) is 32.1 Å². The fourth-order valence-electron chi connectivity index (χ4n) is 1.08. The summed E-state index contributed by atoms with van der Waals surface area (Å²) >= 11 is 0. The van der Waals surface area contributed by atoms with Crippen LogP contribution in [0.5, 0.6) is 5.75 Å². The SMILES string of the molecule is Cc1cc(OCCN(C)C)ccc1N.Cl. The molecule has 0 atom stereocenters. The fourth-order valence-corrected chi connectivity index (χ4v) is 1.08. The number of hydrogen-bond acceptors (Lipinski definition) is 3. The Morgan fingerprint density at radius 3 is 2.53 bits per heavy atom. The first-order chi connectivity index (χ1) is 6.59. The molecule has 0 unspecified atom stereocenters. The van der Waals surface area contributed by atoms with Crippen LogP contribution in [0.2, 0.25) is 0 Å². The summed E-state index contributed by atoms with van der Waals surface area (Å²) < 4.78 is 5.56. The third kappa shape index (κ3) is 4.91. The molecule has 0 radical (unpaired) electrons. The maximum absolute atomic E-state index is 5.70. The van der Waals surface area contributed by atoms with Gasteiger partial charge in [-0.3, -0.25) is 0 Å². The minimum Gasteiger partial charge on any atom is -0.492 e. The summed E-state index contributed by atoms with van der Waals surface area (Å²) in [6, 6.07) is 5.74. The topological polar surface area (TPSA) is 38.5 Å². The summed E-state index contributed by atoms with van der Waals surface area (Å²) in [4.78, 5) is 2.09. The molecule has 86 valence electrons. The first kappa shape index (κ1) is 14.1. The van der Waals surface area contributed by atoms with Crippen molar-refractivity contribution in [3.8, 4) is 5.75 Å². The number of halogens is 1. The van der Waals surface area contributed by atoms with E-state index >= 15 is 0 Å². The van der Waals surface area contributed by atoms with E-state index in [-0.39, 0.29) is 12.4 Å². The molecule has 0 spiro atoms. The summed E-state index contributed by atoms with van der Waals surface area (Å²) in [7, 11) is 4.05. The average molecular weight is 231 g/mol. The lowest BCUT2D eigenvalue weighted by atomic mass is 10.2. The zero-order valence-corrected chi connectivity index (χ0v) is 10.3. The molecule has 0 aliphatic heterocycles. The lowest BCUT2D eigenvalue weighted by Crippen LogP contribution is -2.19. The molecule has 0 fully saturated rings. The summed E-state index contributed by atoms with van der Waals surface area (Å²) in [5.41, 5.74) is 7.57. The van der Waals surface area contributed by atoms with E-state index in [0.29, 0.717) is 6.61 Å². The molecule has 1 aromatic rings. The van der Waals surface area contributed by atoms with E-state index in [1.54, 1.807) is 0 Å². The second-order valence-corrected chi connectivity index (χ2v) is 3.67. The van der Waals surface area contributed by atoms with Crippen molar-refractivity contribution in [3.63, 3.8) is 0 Å². The summed E-state index contributed by atoms with van der Waals surface area (Å²) in [5.74, 6) is 0.888. The third-order valence-electron chi connectivity index (χ3n) is 2.05. The Morgan fingerprint density at radius 1 is 1.33 bits per heavy atom. The van der Waals surface area contributed by atoms with Crippen LogP contribution in [0.15, 0.2) is 18.2 Å². The first-order valence-electron chi connectivity index (χ1n) is 4.73. The molecule has 0 amide bonds. The van der Waals surface area contributed by atoms with Crippen LogP contribution in [0.1, 0.15) is 5.56 Å². The van der Waals surface area contributed by atoms with Crippen molar-refractivity contribution in [1.29, 1.82) is 0 Å². The Bertz CT molecular complexity index is 303. The Hall–Kier alpha value is -0.930. The van der Waals surface area contributed by atoms with E-state index in [2.05, 4.69) is 4.90 Å². The van der Waals surface area contributed by atoms with Gasteiger partial charge in [-0.25, -0.2) is 0 Å². The molecule has 2 N–H and O–H groups in total. The zero-order chi connectivity index (χ0) is 10.6. The average Bonchev–Trinajstić information content (AvgIpc) is 2.10. The van der Waals surface area contributed by atoms with Gasteiger partial charge in [-0.05, 0) is 44.8 Å². The van der Waals surface area contributed by atoms with Crippen LogP contribution >= 0.6 is 12.4 Å². The molecule has 4 heteroatoms. The van der Waals surface area contributed by atoms with Crippen LogP contribution in [0.4, 0.5) is 5.69 Å². The normalized spacial score (nSPS) is 9.87. The quantitative estimate of drug-likeness (QED) is 0.804. The number of nitrogens with zero attached hydrogens (tertiary/aromatic N) is 1. The Labute approximate surface area is 97.6 Å². The molecule has 0 heterocycles. The second kappa shape index (κ2) is 6.53. The van der Waals surface area contributed by atoms with Crippen molar-refractivity contribution < 1.29 is 4.74 Å². The van der Waals surface area contributed by atoms with Crippen LogP contribution in [0.3, 0.4) is 0 Å². The predicted octanol–water partition coefficient (Wildman–Crippen LogP) is 1.94. The van der Waals surface area contributed by atoms with E-state index < -0.39 is 0 Å². The number of rotatable bonds is 4. The number of nitrogens with two attached hydrogens (primary N) is 1. The van der Waals surface area contributed by atoms with Crippen molar-refractivity contribution in [2.24, 2.45) is 0 Å². The van der Waals surface area contributed by atoms with Crippen molar-refractivity contribution in [2.45, 2.75) is 6.92 Å². The molecular weight excluding hydrogens is 212 g/mol. The van der Waals surface area contributed by atoms with Crippen LogP contribution in [0, 0.1) is 6.92 Å². The van der Waals surface area contributed by atoms with Gasteiger partial charge in [0.1, 0.15) is 12.4 Å². The Kier molecular flexibility index (Phi) is 6.13. The molecule has 0 aliphatic rings. The van der Waals surface area contributed by atoms with E-state index in [9.17, 15) is 0 Å².